The van der Waals surface area contributed by atoms with Gasteiger partial charge in [-0.1, -0.05) is 5.16 Å². The van der Waals surface area contributed by atoms with Crippen molar-refractivity contribution < 1.29 is 33.6 Å². The SMILES string of the molecule is NC(=O)C12CC[N+](CC3=C(C(=O)O)N4C(=O)[C@@H](NC(=O)/C(=N\OCC5CC5)c5nsc(N)n5)[C@H]4SC3)(CC1)CC2. The molecule has 6 heterocycles. The summed E-state index contributed by atoms with van der Waals surface area (Å²) in [5.74, 6) is -1.80. The van der Waals surface area contributed by atoms with Gasteiger partial charge in [-0.25, -0.2) is 4.79 Å². The van der Waals surface area contributed by atoms with Crippen LogP contribution in [0, 0.1) is 11.3 Å². The van der Waals surface area contributed by atoms with Crippen LogP contribution in [0.25, 0.3) is 0 Å². The summed E-state index contributed by atoms with van der Waals surface area (Å²) in [6.45, 7) is 3.12. The van der Waals surface area contributed by atoms with Gasteiger partial charge in [-0.15, -0.1) is 11.8 Å². The molecule has 0 radical (unpaired) electrons. The molecule has 1 aliphatic carbocycles. The minimum atomic E-state index is -1.17. The molecule has 6 N–H and O–H groups in total. The zero-order valence-corrected chi connectivity index (χ0v) is 23.3. The number of anilines is 1. The monoisotopic (exact) mass is 591 g/mol. The van der Waals surface area contributed by atoms with E-state index in [4.69, 9.17) is 16.3 Å². The summed E-state index contributed by atoms with van der Waals surface area (Å²) in [5.41, 5.74) is 11.4. The van der Waals surface area contributed by atoms with Crippen molar-refractivity contribution in [3.05, 3.63) is 17.1 Å². The second-order valence-corrected chi connectivity index (χ2v) is 13.2. The normalized spacial score (nSPS) is 31.4. The van der Waals surface area contributed by atoms with Crippen LogP contribution < -0.4 is 16.8 Å². The number of amides is 3. The summed E-state index contributed by atoms with van der Waals surface area (Å²) in [7, 11) is 0. The van der Waals surface area contributed by atoms with Gasteiger partial charge in [0.1, 0.15) is 30.3 Å². The van der Waals surface area contributed by atoms with Crippen LogP contribution >= 0.6 is 23.3 Å². The molecule has 0 aromatic carbocycles. The maximum atomic E-state index is 13.3. The number of nitrogen functional groups attached to an aromatic ring is 1. The largest absolute Gasteiger partial charge is 0.477 e. The van der Waals surface area contributed by atoms with Crippen molar-refractivity contribution in [1.82, 2.24) is 19.6 Å². The number of nitrogens with zero attached hydrogens (tertiary/aromatic N) is 5. The molecule has 2 bridgehead atoms. The van der Waals surface area contributed by atoms with Crippen molar-refractivity contribution >= 4 is 57.8 Å². The third-order valence-electron chi connectivity index (χ3n) is 8.81. The lowest BCUT2D eigenvalue weighted by Crippen LogP contribution is -2.71. The fourth-order valence-electron chi connectivity index (χ4n) is 6.10. The highest BCUT2D eigenvalue weighted by Gasteiger charge is 2.57. The number of hydrogen-bond donors (Lipinski definition) is 4. The lowest BCUT2D eigenvalue weighted by atomic mass is 9.70. The predicted molar refractivity (Wildman–Crippen MR) is 144 cm³/mol. The van der Waals surface area contributed by atoms with Gasteiger partial charge in [-0.05, 0) is 18.8 Å². The Hall–Kier alpha value is -3.24. The van der Waals surface area contributed by atoms with Crippen LogP contribution in [-0.2, 0) is 24.0 Å². The number of carboxylic acids is 1. The van der Waals surface area contributed by atoms with Gasteiger partial charge < -0.3 is 31.2 Å². The first-order valence-corrected chi connectivity index (χ1v) is 15.1. The Labute approximate surface area is 237 Å². The van der Waals surface area contributed by atoms with E-state index in [0.29, 0.717) is 54.1 Å². The van der Waals surface area contributed by atoms with Crippen molar-refractivity contribution in [2.24, 2.45) is 22.2 Å². The first-order valence-electron chi connectivity index (χ1n) is 13.3. The second kappa shape index (κ2) is 9.99. The number of nitrogens with one attached hydrogen (secondary N) is 1. The molecule has 0 spiro atoms. The average Bonchev–Trinajstić information content (AvgIpc) is 3.67. The van der Waals surface area contributed by atoms with Crippen LogP contribution in [0.1, 0.15) is 37.9 Å². The van der Waals surface area contributed by atoms with Crippen LogP contribution in [0.2, 0.25) is 0 Å². The maximum absolute atomic E-state index is 13.3. The number of thioether (sulfide) groups is 1. The summed E-state index contributed by atoms with van der Waals surface area (Å²) in [5, 5.41) is 16.3. The van der Waals surface area contributed by atoms with E-state index in [0.717, 1.165) is 44.0 Å². The predicted octanol–water partition coefficient (Wildman–Crippen LogP) is -0.524. The number of primary amides is 1. The molecule has 0 unspecified atom stereocenters. The van der Waals surface area contributed by atoms with E-state index < -0.39 is 34.6 Å². The van der Waals surface area contributed by atoms with Crippen LogP contribution in [0.4, 0.5) is 5.13 Å². The molecule has 5 fully saturated rings. The number of fused-ring (bicyclic) bond motifs is 4. The number of nitrogens with two attached hydrogens (primary N) is 2. The standard InChI is InChI=1S/C24H30N8O6S2/c25-22(37)24-3-6-32(7-4-24,8-5-24)9-13-11-39-20-15(19(34)31(20)16(13)21(35)36)27-18(33)14(17-28-23(26)40-30-17)29-38-10-12-1-2-12/h12,15,20H,1-11H2,(H5-,25,26,27,28,30,33,35,36,37)/p+1/b29-14-/t15-,20-,24?,32?/m1/s1. The van der Waals surface area contributed by atoms with Crippen molar-refractivity contribution in [2.45, 2.75) is 43.5 Å². The second-order valence-electron chi connectivity index (χ2n) is 11.3. The van der Waals surface area contributed by atoms with Crippen LogP contribution in [0.15, 0.2) is 16.4 Å². The smallest absolute Gasteiger partial charge is 0.352 e. The number of β-lactam (4-membered cyclic amide) rings is 1. The number of carbonyl (C=O) groups excluding carboxylic acids is 3. The fraction of sp³-hybridized carbons (Fsp3) is 0.625. The lowest BCUT2D eigenvalue weighted by Gasteiger charge is -2.55. The number of rotatable bonds is 10. The van der Waals surface area contributed by atoms with E-state index >= 15 is 0 Å². The van der Waals surface area contributed by atoms with Crippen molar-refractivity contribution in [1.29, 1.82) is 0 Å². The molecular weight excluding hydrogens is 560 g/mol. The molecule has 3 amide bonds. The number of oxime groups is 1. The molecule has 1 aromatic heterocycles. The van der Waals surface area contributed by atoms with Crippen LogP contribution in [-0.4, -0.2) is 103 Å². The molecule has 7 rings (SSSR count). The fourth-order valence-corrected chi connectivity index (χ4v) is 7.87. The van der Waals surface area contributed by atoms with Gasteiger partial charge in [-0.2, -0.15) is 9.36 Å². The highest BCUT2D eigenvalue weighted by Crippen LogP contribution is 2.46. The minimum Gasteiger partial charge on any atom is -0.477 e. The molecule has 214 valence electrons. The Balaban J connectivity index is 1.17. The highest BCUT2D eigenvalue weighted by molar-refractivity contribution is 8.00. The van der Waals surface area contributed by atoms with Crippen LogP contribution in [0.5, 0.6) is 0 Å². The Morgan fingerprint density at radius 1 is 1.23 bits per heavy atom. The lowest BCUT2D eigenvalue weighted by molar-refractivity contribution is -0.940. The van der Waals surface area contributed by atoms with E-state index in [9.17, 15) is 24.3 Å². The first-order chi connectivity index (χ1) is 19.1. The Bertz CT molecular complexity index is 1320. The number of piperidine rings is 3. The van der Waals surface area contributed by atoms with Gasteiger partial charge in [0.2, 0.25) is 17.4 Å². The van der Waals surface area contributed by atoms with Crippen molar-refractivity contribution in [2.75, 3.05) is 44.3 Å². The van der Waals surface area contributed by atoms with Gasteiger partial charge in [0, 0.05) is 42.1 Å². The van der Waals surface area contributed by atoms with E-state index in [1.807, 2.05) is 0 Å². The molecule has 6 aliphatic rings. The number of aromatic nitrogens is 2. The summed E-state index contributed by atoms with van der Waals surface area (Å²) in [6.07, 6.45) is 4.16. The molecular formula is C24H31N8O6S2+. The summed E-state index contributed by atoms with van der Waals surface area (Å²) in [6, 6.07) is -0.939. The number of carbonyl (C=O) groups is 4. The molecule has 40 heavy (non-hydrogen) atoms. The Kier molecular flexibility index (Phi) is 6.73. The van der Waals surface area contributed by atoms with Crippen molar-refractivity contribution in [3.8, 4) is 0 Å². The number of carboxylic acid groups (broad SMARTS) is 1. The van der Waals surface area contributed by atoms with E-state index in [2.05, 4.69) is 19.8 Å². The molecule has 4 saturated heterocycles. The van der Waals surface area contributed by atoms with Gasteiger partial charge in [0.15, 0.2) is 5.13 Å². The third kappa shape index (κ3) is 4.71. The molecule has 5 aliphatic heterocycles. The van der Waals surface area contributed by atoms with Gasteiger partial charge in [-0.3, -0.25) is 19.3 Å². The molecule has 1 aromatic rings. The Morgan fingerprint density at radius 3 is 2.50 bits per heavy atom. The van der Waals surface area contributed by atoms with Crippen molar-refractivity contribution in [3.63, 3.8) is 0 Å². The Morgan fingerprint density at radius 2 is 1.93 bits per heavy atom. The van der Waals surface area contributed by atoms with Crippen LogP contribution in [0.3, 0.4) is 0 Å². The topological polar surface area (TPSA) is 203 Å². The zero-order chi connectivity index (χ0) is 28.2. The molecule has 16 heteroatoms. The minimum absolute atomic E-state index is 0.00136. The zero-order valence-electron chi connectivity index (χ0n) is 21.7. The third-order valence-corrected chi connectivity index (χ3v) is 10.7. The van der Waals surface area contributed by atoms with Gasteiger partial charge >= 0.3 is 5.97 Å². The quantitative estimate of drug-likeness (QED) is 0.119. The maximum Gasteiger partial charge on any atom is 0.352 e. The molecule has 14 nitrogen and oxygen atoms in total. The molecule has 2 atom stereocenters. The van der Waals surface area contributed by atoms with E-state index in [1.54, 1.807) is 0 Å². The summed E-state index contributed by atoms with van der Waals surface area (Å²) in [4.78, 5) is 61.5. The number of quaternary nitrogens is 1. The average molecular weight is 592 g/mol. The first kappa shape index (κ1) is 27.0. The van der Waals surface area contributed by atoms with Gasteiger partial charge in [0.25, 0.3) is 11.8 Å². The van der Waals surface area contributed by atoms with Gasteiger partial charge in [0.05, 0.1) is 25.0 Å². The number of aliphatic carboxylic acids is 1. The van der Waals surface area contributed by atoms with E-state index in [1.165, 1.54) is 16.7 Å². The highest BCUT2D eigenvalue weighted by atomic mass is 32.2. The summed E-state index contributed by atoms with van der Waals surface area (Å²) >= 11 is 2.33. The molecule has 1 saturated carbocycles. The summed E-state index contributed by atoms with van der Waals surface area (Å²) < 4.78 is 4.75. The number of hydrogen-bond acceptors (Lipinski definition) is 11. The van der Waals surface area contributed by atoms with E-state index in [-0.39, 0.29) is 28.3 Å².